The molecule has 0 fully saturated rings. The number of para-hydroxylation sites is 1. The highest BCUT2D eigenvalue weighted by atomic mass is 35.5. The molecule has 1 amide bonds. The number of rotatable bonds is 3. The van der Waals surface area contributed by atoms with Crippen LogP contribution in [-0.4, -0.2) is 10.9 Å². The van der Waals surface area contributed by atoms with E-state index < -0.39 is 11.7 Å². The molecule has 2 aromatic rings. The summed E-state index contributed by atoms with van der Waals surface area (Å²) >= 11 is 5.82. The van der Waals surface area contributed by atoms with E-state index in [4.69, 9.17) is 11.6 Å². The van der Waals surface area contributed by atoms with E-state index in [9.17, 15) is 9.18 Å². The van der Waals surface area contributed by atoms with Crippen molar-refractivity contribution in [3.63, 3.8) is 0 Å². The van der Waals surface area contributed by atoms with E-state index in [0.29, 0.717) is 5.69 Å². The lowest BCUT2D eigenvalue weighted by Crippen LogP contribution is -2.15. The molecule has 20 heavy (non-hydrogen) atoms. The molecular formula is C15H14ClFN2O. The van der Waals surface area contributed by atoms with Gasteiger partial charge < -0.3 is 5.32 Å². The van der Waals surface area contributed by atoms with Crippen LogP contribution in [0.1, 0.15) is 35.7 Å². The Hall–Kier alpha value is -1.94. The van der Waals surface area contributed by atoms with Gasteiger partial charge in [-0.1, -0.05) is 43.6 Å². The molecule has 0 atom stereocenters. The van der Waals surface area contributed by atoms with Crippen LogP contribution in [-0.2, 0) is 0 Å². The Balaban J connectivity index is 2.31. The molecule has 0 aliphatic rings. The normalized spacial score (nSPS) is 10.7. The van der Waals surface area contributed by atoms with Crippen molar-refractivity contribution >= 4 is 23.2 Å². The molecule has 1 N–H and O–H groups in total. The minimum atomic E-state index is -0.600. The molecule has 0 bridgehead atoms. The number of hydrogen-bond donors (Lipinski definition) is 1. The molecule has 0 radical (unpaired) electrons. The number of anilines is 1. The van der Waals surface area contributed by atoms with Crippen LogP contribution in [0.2, 0.25) is 5.15 Å². The summed E-state index contributed by atoms with van der Waals surface area (Å²) in [5.41, 5.74) is 1.71. The second-order valence-corrected chi connectivity index (χ2v) is 5.05. The zero-order valence-corrected chi connectivity index (χ0v) is 11.9. The van der Waals surface area contributed by atoms with Crippen molar-refractivity contribution in [2.75, 3.05) is 5.32 Å². The average molecular weight is 293 g/mol. The summed E-state index contributed by atoms with van der Waals surface area (Å²) in [6, 6.07) is 8.54. The number of halogens is 2. The van der Waals surface area contributed by atoms with Gasteiger partial charge in [-0.05, 0) is 23.6 Å². The number of aromatic nitrogens is 1. The Bertz CT molecular complexity index is 644. The highest BCUT2D eigenvalue weighted by molar-refractivity contribution is 6.33. The molecular weight excluding hydrogens is 279 g/mol. The summed E-state index contributed by atoms with van der Waals surface area (Å²) in [5, 5.41) is 2.72. The second-order valence-electron chi connectivity index (χ2n) is 4.69. The smallest absolute Gasteiger partial charge is 0.258 e. The molecule has 0 saturated heterocycles. The Morgan fingerprint density at radius 2 is 2.05 bits per heavy atom. The van der Waals surface area contributed by atoms with Crippen LogP contribution in [0.15, 0.2) is 36.5 Å². The predicted molar refractivity (Wildman–Crippen MR) is 77.7 cm³/mol. The maximum absolute atomic E-state index is 13.2. The van der Waals surface area contributed by atoms with Gasteiger partial charge in [-0.2, -0.15) is 0 Å². The minimum Gasteiger partial charge on any atom is -0.322 e. The Kier molecular flexibility index (Phi) is 4.35. The van der Waals surface area contributed by atoms with Crippen LogP contribution >= 0.6 is 11.6 Å². The lowest BCUT2D eigenvalue weighted by Gasteiger charge is -2.13. The molecule has 5 heteroatoms. The molecule has 1 aromatic carbocycles. The van der Waals surface area contributed by atoms with Gasteiger partial charge >= 0.3 is 0 Å². The van der Waals surface area contributed by atoms with Crippen LogP contribution in [0.5, 0.6) is 0 Å². The van der Waals surface area contributed by atoms with Gasteiger partial charge in [-0.15, -0.1) is 0 Å². The topological polar surface area (TPSA) is 42.0 Å². The Morgan fingerprint density at radius 1 is 1.35 bits per heavy atom. The van der Waals surface area contributed by atoms with Gasteiger partial charge in [0.15, 0.2) is 0 Å². The Morgan fingerprint density at radius 3 is 2.75 bits per heavy atom. The van der Waals surface area contributed by atoms with Crippen molar-refractivity contribution in [1.82, 2.24) is 4.98 Å². The summed E-state index contributed by atoms with van der Waals surface area (Å²) in [5.74, 6) is -0.820. The monoisotopic (exact) mass is 292 g/mol. The third kappa shape index (κ3) is 3.14. The van der Waals surface area contributed by atoms with E-state index in [1.54, 1.807) is 6.07 Å². The van der Waals surface area contributed by atoms with Crippen LogP contribution in [0, 0.1) is 5.82 Å². The lowest BCUT2D eigenvalue weighted by molar-refractivity contribution is 0.102. The fraction of sp³-hybridized carbons (Fsp3) is 0.200. The zero-order chi connectivity index (χ0) is 14.7. The van der Waals surface area contributed by atoms with Crippen molar-refractivity contribution in [1.29, 1.82) is 0 Å². The van der Waals surface area contributed by atoms with E-state index in [-0.39, 0.29) is 16.6 Å². The van der Waals surface area contributed by atoms with Gasteiger partial charge in [0.1, 0.15) is 11.0 Å². The quantitative estimate of drug-likeness (QED) is 0.859. The fourth-order valence-electron chi connectivity index (χ4n) is 1.89. The SMILES string of the molecule is CC(C)c1ccccc1NC(=O)c1cc(F)cnc1Cl. The van der Waals surface area contributed by atoms with E-state index in [2.05, 4.69) is 10.3 Å². The number of amides is 1. The minimum absolute atomic E-state index is 0.0187. The van der Waals surface area contributed by atoms with Crippen LogP contribution in [0.25, 0.3) is 0 Å². The zero-order valence-electron chi connectivity index (χ0n) is 11.2. The molecule has 1 aromatic heterocycles. The summed E-state index contributed by atoms with van der Waals surface area (Å²) in [4.78, 5) is 15.8. The largest absolute Gasteiger partial charge is 0.322 e. The highest BCUT2D eigenvalue weighted by Crippen LogP contribution is 2.25. The summed E-state index contributed by atoms with van der Waals surface area (Å²) in [7, 11) is 0. The molecule has 2 rings (SSSR count). The number of benzene rings is 1. The summed E-state index contributed by atoms with van der Waals surface area (Å²) < 4.78 is 13.2. The highest BCUT2D eigenvalue weighted by Gasteiger charge is 2.15. The van der Waals surface area contributed by atoms with Gasteiger partial charge in [0.05, 0.1) is 11.8 Å². The number of hydrogen-bond acceptors (Lipinski definition) is 2. The van der Waals surface area contributed by atoms with Gasteiger partial charge in [0, 0.05) is 5.69 Å². The fourth-order valence-corrected chi connectivity index (χ4v) is 2.07. The molecule has 0 saturated carbocycles. The van der Waals surface area contributed by atoms with Gasteiger partial charge in [-0.25, -0.2) is 9.37 Å². The number of carbonyl (C=O) groups excluding carboxylic acids is 1. The molecule has 1 heterocycles. The molecule has 0 unspecified atom stereocenters. The lowest BCUT2D eigenvalue weighted by atomic mass is 10.0. The average Bonchev–Trinajstić information content (AvgIpc) is 2.41. The summed E-state index contributed by atoms with van der Waals surface area (Å²) in [6.07, 6.45) is 0.973. The molecule has 104 valence electrons. The van der Waals surface area contributed by atoms with Crippen molar-refractivity contribution in [3.8, 4) is 0 Å². The summed E-state index contributed by atoms with van der Waals surface area (Å²) in [6.45, 7) is 4.06. The number of pyridine rings is 1. The predicted octanol–water partition coefficient (Wildman–Crippen LogP) is 4.25. The van der Waals surface area contributed by atoms with E-state index in [1.807, 2.05) is 32.0 Å². The van der Waals surface area contributed by atoms with Crippen LogP contribution in [0.4, 0.5) is 10.1 Å². The molecule has 3 nitrogen and oxygen atoms in total. The number of nitrogens with one attached hydrogen (secondary N) is 1. The van der Waals surface area contributed by atoms with Gasteiger partial charge in [0.25, 0.3) is 5.91 Å². The third-order valence-corrected chi connectivity index (χ3v) is 3.18. The van der Waals surface area contributed by atoms with Gasteiger partial charge in [-0.3, -0.25) is 4.79 Å². The number of nitrogens with zero attached hydrogens (tertiary/aromatic N) is 1. The standard InChI is InChI=1S/C15H14ClFN2O/c1-9(2)11-5-3-4-6-13(11)19-15(20)12-7-10(17)8-18-14(12)16/h3-9H,1-2H3,(H,19,20). The second kappa shape index (κ2) is 6.01. The van der Waals surface area contributed by atoms with Crippen LogP contribution < -0.4 is 5.32 Å². The maximum atomic E-state index is 13.2. The first kappa shape index (κ1) is 14.5. The molecule has 0 spiro atoms. The molecule has 0 aliphatic carbocycles. The maximum Gasteiger partial charge on any atom is 0.258 e. The van der Waals surface area contributed by atoms with E-state index in [0.717, 1.165) is 17.8 Å². The van der Waals surface area contributed by atoms with E-state index >= 15 is 0 Å². The molecule has 0 aliphatic heterocycles. The van der Waals surface area contributed by atoms with Gasteiger partial charge in [0.2, 0.25) is 0 Å². The first-order valence-corrected chi connectivity index (χ1v) is 6.58. The number of carbonyl (C=O) groups is 1. The first-order valence-electron chi connectivity index (χ1n) is 6.20. The van der Waals surface area contributed by atoms with E-state index in [1.165, 1.54) is 0 Å². The van der Waals surface area contributed by atoms with Crippen LogP contribution in [0.3, 0.4) is 0 Å². The third-order valence-electron chi connectivity index (χ3n) is 2.88. The van der Waals surface area contributed by atoms with Crippen molar-refractivity contribution in [2.45, 2.75) is 19.8 Å². The van der Waals surface area contributed by atoms with Crippen molar-refractivity contribution in [2.24, 2.45) is 0 Å². The first-order chi connectivity index (χ1) is 9.49. The van der Waals surface area contributed by atoms with Crippen molar-refractivity contribution < 1.29 is 9.18 Å². The Labute approximate surface area is 121 Å². The van der Waals surface area contributed by atoms with Crippen molar-refractivity contribution in [3.05, 3.63) is 58.6 Å².